The van der Waals surface area contributed by atoms with E-state index in [4.69, 9.17) is 4.74 Å². The summed E-state index contributed by atoms with van der Waals surface area (Å²) >= 11 is 0. The predicted octanol–water partition coefficient (Wildman–Crippen LogP) is 2.80. The number of carbonyl (C=O) groups excluding carboxylic acids is 1. The molecule has 0 N–H and O–H groups in total. The number of aryl methyl sites for hydroxylation is 2. The quantitative estimate of drug-likeness (QED) is 0.273. The van der Waals surface area contributed by atoms with E-state index in [1.54, 1.807) is 6.92 Å². The smallest absolute Gasteiger partial charge is 0.338 e. The standard InChI is InChI=1S/C18H17N5O4/c1-13-8-9-15(12-16(13)23(25)26)18(24)27-11-5-10-22-20-17(19-21-22)14-6-3-2-4-7-14/h2-4,6-9,12H,5,10-11H2,1H3. The van der Waals surface area contributed by atoms with Crippen molar-refractivity contribution < 1.29 is 14.5 Å². The lowest BCUT2D eigenvalue weighted by atomic mass is 10.1. The highest BCUT2D eigenvalue weighted by molar-refractivity contribution is 5.90. The summed E-state index contributed by atoms with van der Waals surface area (Å²) in [4.78, 5) is 23.9. The summed E-state index contributed by atoms with van der Waals surface area (Å²) in [6, 6.07) is 13.7. The molecule has 0 spiro atoms. The number of hydrogen-bond acceptors (Lipinski definition) is 7. The number of ether oxygens (including phenoxy) is 1. The van der Waals surface area contributed by atoms with E-state index in [-0.39, 0.29) is 17.9 Å². The fourth-order valence-corrected chi connectivity index (χ4v) is 2.43. The van der Waals surface area contributed by atoms with Gasteiger partial charge in [-0.2, -0.15) is 4.80 Å². The Morgan fingerprint density at radius 2 is 2.00 bits per heavy atom. The predicted molar refractivity (Wildman–Crippen MR) is 96.0 cm³/mol. The molecule has 138 valence electrons. The van der Waals surface area contributed by atoms with Crippen LogP contribution in [0.25, 0.3) is 11.4 Å². The van der Waals surface area contributed by atoms with E-state index in [1.807, 2.05) is 30.3 Å². The number of nitrogens with zero attached hydrogens (tertiary/aromatic N) is 5. The SMILES string of the molecule is Cc1ccc(C(=O)OCCCn2nnc(-c3ccccc3)n2)cc1[N+](=O)[O-]. The van der Waals surface area contributed by atoms with Crippen molar-refractivity contribution in [2.45, 2.75) is 19.9 Å². The van der Waals surface area contributed by atoms with E-state index in [0.29, 0.717) is 24.4 Å². The Kier molecular flexibility index (Phi) is 5.50. The van der Waals surface area contributed by atoms with E-state index in [2.05, 4.69) is 15.4 Å². The summed E-state index contributed by atoms with van der Waals surface area (Å²) in [6.07, 6.45) is 0.490. The van der Waals surface area contributed by atoms with Crippen LogP contribution in [-0.4, -0.2) is 37.7 Å². The van der Waals surface area contributed by atoms with E-state index >= 15 is 0 Å². The number of hydrogen-bond donors (Lipinski definition) is 0. The first-order chi connectivity index (χ1) is 13.0. The van der Waals surface area contributed by atoms with Crippen molar-refractivity contribution in [2.75, 3.05) is 6.61 Å². The van der Waals surface area contributed by atoms with Crippen LogP contribution in [0.3, 0.4) is 0 Å². The summed E-state index contributed by atoms with van der Waals surface area (Å²) in [5.74, 6) is -0.0748. The molecule has 0 atom stereocenters. The molecule has 0 aliphatic heterocycles. The number of tetrazole rings is 1. The Morgan fingerprint density at radius 1 is 1.22 bits per heavy atom. The third kappa shape index (κ3) is 4.51. The van der Waals surface area contributed by atoms with Crippen molar-refractivity contribution in [3.05, 3.63) is 69.8 Å². The van der Waals surface area contributed by atoms with Crippen LogP contribution in [0.2, 0.25) is 0 Å². The molecule has 0 bridgehead atoms. The fraction of sp³-hybridized carbons (Fsp3) is 0.222. The first kappa shape index (κ1) is 18.2. The largest absolute Gasteiger partial charge is 0.462 e. The van der Waals surface area contributed by atoms with Gasteiger partial charge in [-0.1, -0.05) is 36.4 Å². The van der Waals surface area contributed by atoms with Crippen LogP contribution >= 0.6 is 0 Å². The Labute approximate surface area is 154 Å². The Hall–Kier alpha value is -3.62. The van der Waals surface area contributed by atoms with Crippen LogP contribution in [0, 0.1) is 17.0 Å². The third-order valence-electron chi connectivity index (χ3n) is 3.86. The summed E-state index contributed by atoms with van der Waals surface area (Å²) < 4.78 is 5.17. The first-order valence-electron chi connectivity index (χ1n) is 8.30. The van der Waals surface area contributed by atoms with Crippen molar-refractivity contribution in [3.8, 4) is 11.4 Å². The van der Waals surface area contributed by atoms with E-state index in [1.165, 1.54) is 23.0 Å². The zero-order chi connectivity index (χ0) is 19.2. The second-order valence-corrected chi connectivity index (χ2v) is 5.82. The van der Waals surface area contributed by atoms with E-state index < -0.39 is 10.9 Å². The molecular weight excluding hydrogens is 350 g/mol. The molecule has 0 saturated carbocycles. The molecule has 9 heteroatoms. The second-order valence-electron chi connectivity index (χ2n) is 5.82. The molecule has 1 heterocycles. The zero-order valence-corrected chi connectivity index (χ0v) is 14.6. The van der Waals surface area contributed by atoms with Gasteiger partial charge in [-0.25, -0.2) is 4.79 Å². The zero-order valence-electron chi connectivity index (χ0n) is 14.6. The maximum atomic E-state index is 12.0. The summed E-state index contributed by atoms with van der Waals surface area (Å²) in [5, 5.41) is 23.2. The number of aromatic nitrogens is 4. The van der Waals surface area contributed by atoms with Crippen LogP contribution in [0.5, 0.6) is 0 Å². The summed E-state index contributed by atoms with van der Waals surface area (Å²) in [5.41, 5.74) is 1.40. The van der Waals surface area contributed by atoms with Crippen molar-refractivity contribution in [1.29, 1.82) is 0 Å². The molecule has 0 aliphatic rings. The van der Waals surface area contributed by atoms with Gasteiger partial charge >= 0.3 is 5.97 Å². The first-order valence-corrected chi connectivity index (χ1v) is 8.30. The normalized spacial score (nSPS) is 10.6. The maximum absolute atomic E-state index is 12.0. The Balaban J connectivity index is 1.51. The van der Waals surface area contributed by atoms with Crippen molar-refractivity contribution in [2.24, 2.45) is 0 Å². The topological polar surface area (TPSA) is 113 Å². The number of carbonyl (C=O) groups is 1. The van der Waals surface area contributed by atoms with Crippen molar-refractivity contribution in [1.82, 2.24) is 20.2 Å². The Morgan fingerprint density at radius 3 is 2.74 bits per heavy atom. The molecule has 2 aromatic carbocycles. The minimum absolute atomic E-state index is 0.107. The summed E-state index contributed by atoms with van der Waals surface area (Å²) in [7, 11) is 0. The molecule has 0 unspecified atom stereocenters. The third-order valence-corrected chi connectivity index (χ3v) is 3.86. The van der Waals surface area contributed by atoms with Crippen LogP contribution in [0.4, 0.5) is 5.69 Å². The van der Waals surface area contributed by atoms with Gasteiger partial charge in [0.2, 0.25) is 5.82 Å². The molecule has 0 fully saturated rings. The summed E-state index contributed by atoms with van der Waals surface area (Å²) in [6.45, 7) is 2.19. The average molecular weight is 367 g/mol. The monoisotopic (exact) mass is 367 g/mol. The lowest BCUT2D eigenvalue weighted by Gasteiger charge is -2.05. The highest BCUT2D eigenvalue weighted by Crippen LogP contribution is 2.19. The molecule has 9 nitrogen and oxygen atoms in total. The Bertz CT molecular complexity index is 955. The minimum Gasteiger partial charge on any atom is -0.462 e. The van der Waals surface area contributed by atoms with Gasteiger partial charge in [0, 0.05) is 23.6 Å². The van der Waals surface area contributed by atoms with Gasteiger partial charge in [0.1, 0.15) is 0 Å². The molecule has 0 aliphatic carbocycles. The van der Waals surface area contributed by atoms with Crippen LogP contribution in [-0.2, 0) is 11.3 Å². The van der Waals surface area contributed by atoms with Crippen molar-refractivity contribution >= 4 is 11.7 Å². The van der Waals surface area contributed by atoms with Gasteiger partial charge in [-0.15, -0.1) is 10.2 Å². The fourth-order valence-electron chi connectivity index (χ4n) is 2.43. The highest BCUT2D eigenvalue weighted by Gasteiger charge is 2.15. The molecular formula is C18H17N5O4. The number of nitro benzene ring substituents is 1. The molecule has 3 aromatic rings. The molecule has 0 radical (unpaired) electrons. The lowest BCUT2D eigenvalue weighted by Crippen LogP contribution is -2.10. The molecule has 3 rings (SSSR count). The van der Waals surface area contributed by atoms with E-state index in [9.17, 15) is 14.9 Å². The van der Waals surface area contributed by atoms with Gasteiger partial charge < -0.3 is 4.74 Å². The average Bonchev–Trinajstić information content (AvgIpc) is 3.15. The van der Waals surface area contributed by atoms with Crippen molar-refractivity contribution in [3.63, 3.8) is 0 Å². The van der Waals surface area contributed by atoms with Gasteiger partial charge in [-0.05, 0) is 18.2 Å². The molecule has 0 saturated heterocycles. The number of nitro groups is 1. The second kappa shape index (κ2) is 8.17. The number of benzene rings is 2. The highest BCUT2D eigenvalue weighted by atomic mass is 16.6. The van der Waals surface area contributed by atoms with Crippen LogP contribution in [0.15, 0.2) is 48.5 Å². The molecule has 27 heavy (non-hydrogen) atoms. The number of rotatable bonds is 7. The van der Waals surface area contributed by atoms with E-state index in [0.717, 1.165) is 5.56 Å². The molecule has 1 aromatic heterocycles. The minimum atomic E-state index is -0.602. The van der Waals surface area contributed by atoms with Crippen LogP contribution in [0.1, 0.15) is 22.3 Å². The maximum Gasteiger partial charge on any atom is 0.338 e. The van der Waals surface area contributed by atoms with Gasteiger partial charge in [0.15, 0.2) is 0 Å². The lowest BCUT2D eigenvalue weighted by molar-refractivity contribution is -0.385. The number of esters is 1. The van der Waals surface area contributed by atoms with Gasteiger partial charge in [0.05, 0.1) is 23.6 Å². The van der Waals surface area contributed by atoms with Gasteiger partial charge in [-0.3, -0.25) is 10.1 Å². The van der Waals surface area contributed by atoms with Gasteiger partial charge in [0.25, 0.3) is 5.69 Å². The van der Waals surface area contributed by atoms with Crippen LogP contribution < -0.4 is 0 Å². The molecule has 0 amide bonds.